The van der Waals surface area contributed by atoms with Crippen molar-refractivity contribution in [1.82, 2.24) is 5.32 Å². The number of ether oxygens (including phenoxy) is 1. The SMILES string of the molecule is COC(=O)C1(C(F)(F)F)CCNCC1.Cl. The van der Waals surface area contributed by atoms with Gasteiger partial charge in [0.2, 0.25) is 0 Å². The van der Waals surface area contributed by atoms with Crippen molar-refractivity contribution in [2.45, 2.75) is 19.0 Å². The summed E-state index contributed by atoms with van der Waals surface area (Å²) in [5.41, 5.74) is -2.30. The van der Waals surface area contributed by atoms with Gasteiger partial charge in [0.25, 0.3) is 0 Å². The summed E-state index contributed by atoms with van der Waals surface area (Å²) in [6.45, 7) is 0.378. The topological polar surface area (TPSA) is 38.3 Å². The highest BCUT2D eigenvalue weighted by atomic mass is 35.5. The Morgan fingerprint density at radius 1 is 1.33 bits per heavy atom. The van der Waals surface area contributed by atoms with Crippen molar-refractivity contribution >= 4 is 18.4 Å². The summed E-state index contributed by atoms with van der Waals surface area (Å²) < 4.78 is 42.3. The first-order valence-electron chi connectivity index (χ1n) is 4.30. The molecule has 0 bridgehead atoms. The van der Waals surface area contributed by atoms with Gasteiger partial charge in [0.15, 0.2) is 5.41 Å². The third-order valence-electron chi connectivity index (χ3n) is 2.58. The molecule has 1 rings (SSSR count). The first-order valence-corrected chi connectivity index (χ1v) is 4.30. The zero-order valence-electron chi connectivity index (χ0n) is 8.19. The zero-order valence-corrected chi connectivity index (χ0v) is 9.00. The number of hydrogen-bond donors (Lipinski definition) is 1. The van der Waals surface area contributed by atoms with Gasteiger partial charge in [-0.05, 0) is 25.9 Å². The van der Waals surface area contributed by atoms with Crippen LogP contribution in [0, 0.1) is 5.41 Å². The van der Waals surface area contributed by atoms with Gasteiger partial charge in [-0.1, -0.05) is 0 Å². The standard InChI is InChI=1S/C8H12F3NO2.ClH/c1-14-6(13)7(8(9,10)11)2-4-12-5-3-7;/h12H,2-5H2,1H3;1H. The Labute approximate surface area is 91.8 Å². The molecule has 0 aromatic rings. The number of rotatable bonds is 1. The molecule has 1 aliphatic rings. The molecule has 0 spiro atoms. The van der Waals surface area contributed by atoms with Crippen molar-refractivity contribution < 1.29 is 22.7 Å². The first-order chi connectivity index (χ1) is 6.44. The summed E-state index contributed by atoms with van der Waals surface area (Å²) in [5, 5.41) is 2.78. The highest BCUT2D eigenvalue weighted by Crippen LogP contribution is 2.45. The highest BCUT2D eigenvalue weighted by Gasteiger charge is 2.61. The van der Waals surface area contributed by atoms with Gasteiger partial charge in [0, 0.05) is 0 Å². The molecule has 0 atom stereocenters. The lowest BCUT2D eigenvalue weighted by atomic mass is 9.78. The lowest BCUT2D eigenvalue weighted by molar-refractivity contribution is -0.239. The number of methoxy groups -OCH3 is 1. The van der Waals surface area contributed by atoms with Crippen molar-refractivity contribution in [2.75, 3.05) is 20.2 Å². The van der Waals surface area contributed by atoms with E-state index in [0.29, 0.717) is 0 Å². The molecule has 0 saturated carbocycles. The van der Waals surface area contributed by atoms with Gasteiger partial charge in [-0.3, -0.25) is 4.79 Å². The maximum Gasteiger partial charge on any atom is 0.405 e. The Morgan fingerprint density at radius 3 is 2.13 bits per heavy atom. The predicted octanol–water partition coefficient (Wildman–Crippen LogP) is 1.51. The smallest absolute Gasteiger partial charge is 0.405 e. The summed E-state index contributed by atoms with van der Waals surface area (Å²) in [7, 11) is 0.984. The molecule has 0 unspecified atom stereocenters. The number of hydrogen-bond acceptors (Lipinski definition) is 3. The molecule has 1 heterocycles. The molecule has 1 saturated heterocycles. The minimum Gasteiger partial charge on any atom is -0.468 e. The molecular formula is C8H13ClF3NO2. The van der Waals surface area contributed by atoms with Gasteiger partial charge in [-0.25, -0.2) is 0 Å². The fourth-order valence-electron chi connectivity index (χ4n) is 1.65. The van der Waals surface area contributed by atoms with Crippen LogP contribution < -0.4 is 5.32 Å². The van der Waals surface area contributed by atoms with Crippen LogP contribution in [0.4, 0.5) is 13.2 Å². The lowest BCUT2D eigenvalue weighted by Gasteiger charge is -2.36. The van der Waals surface area contributed by atoms with Crippen LogP contribution in [-0.4, -0.2) is 32.3 Å². The Kier molecular flexibility index (Phi) is 4.86. The molecule has 0 amide bonds. The third-order valence-corrected chi connectivity index (χ3v) is 2.58. The Balaban J connectivity index is 0.00000196. The van der Waals surface area contributed by atoms with E-state index in [2.05, 4.69) is 10.1 Å². The van der Waals surface area contributed by atoms with Crippen molar-refractivity contribution in [3.05, 3.63) is 0 Å². The molecule has 1 fully saturated rings. The van der Waals surface area contributed by atoms with Crippen molar-refractivity contribution in [3.63, 3.8) is 0 Å². The minimum atomic E-state index is -4.53. The number of halogens is 4. The van der Waals surface area contributed by atoms with Crippen LogP contribution in [0.15, 0.2) is 0 Å². The number of piperidine rings is 1. The van der Waals surface area contributed by atoms with Gasteiger partial charge >= 0.3 is 12.1 Å². The van der Waals surface area contributed by atoms with E-state index in [0.717, 1.165) is 7.11 Å². The number of carbonyl (C=O) groups excluding carboxylic acids is 1. The first kappa shape index (κ1) is 14.5. The molecule has 1 N–H and O–H groups in total. The summed E-state index contributed by atoms with van der Waals surface area (Å²) in [4.78, 5) is 11.2. The maximum absolute atomic E-state index is 12.7. The van der Waals surface area contributed by atoms with Crippen LogP contribution >= 0.6 is 12.4 Å². The summed E-state index contributed by atoms with van der Waals surface area (Å²) in [5.74, 6) is -1.17. The van der Waals surface area contributed by atoms with Crippen LogP contribution in [0.5, 0.6) is 0 Å². The molecule has 15 heavy (non-hydrogen) atoms. The van der Waals surface area contributed by atoms with Crippen LogP contribution in [0.1, 0.15) is 12.8 Å². The molecule has 90 valence electrons. The second-order valence-corrected chi connectivity index (χ2v) is 3.32. The number of esters is 1. The third kappa shape index (κ3) is 2.55. The van der Waals surface area contributed by atoms with Crippen molar-refractivity contribution in [2.24, 2.45) is 5.41 Å². The van der Waals surface area contributed by atoms with Gasteiger partial charge < -0.3 is 10.1 Å². The largest absolute Gasteiger partial charge is 0.468 e. The Hall–Kier alpha value is -0.490. The normalized spacial score (nSPS) is 20.3. The van der Waals surface area contributed by atoms with E-state index in [4.69, 9.17) is 0 Å². The summed E-state index contributed by atoms with van der Waals surface area (Å²) >= 11 is 0. The number of alkyl halides is 3. The van der Waals surface area contributed by atoms with E-state index in [9.17, 15) is 18.0 Å². The van der Waals surface area contributed by atoms with E-state index in [1.165, 1.54) is 0 Å². The van der Waals surface area contributed by atoms with E-state index in [-0.39, 0.29) is 38.3 Å². The second kappa shape index (κ2) is 5.03. The monoisotopic (exact) mass is 247 g/mol. The molecule has 0 radical (unpaired) electrons. The maximum atomic E-state index is 12.7. The highest BCUT2D eigenvalue weighted by molar-refractivity contribution is 5.85. The number of carbonyl (C=O) groups is 1. The molecule has 7 heteroatoms. The van der Waals surface area contributed by atoms with Gasteiger partial charge in [-0.15, -0.1) is 12.4 Å². The van der Waals surface area contributed by atoms with Crippen LogP contribution in [-0.2, 0) is 9.53 Å². The second-order valence-electron chi connectivity index (χ2n) is 3.32. The fraction of sp³-hybridized carbons (Fsp3) is 0.875. The molecule has 3 nitrogen and oxygen atoms in total. The van der Waals surface area contributed by atoms with E-state index >= 15 is 0 Å². The Bertz CT molecular complexity index is 226. The Morgan fingerprint density at radius 2 is 1.80 bits per heavy atom. The lowest BCUT2D eigenvalue weighted by Crippen LogP contribution is -2.52. The fourth-order valence-corrected chi connectivity index (χ4v) is 1.65. The predicted molar refractivity (Wildman–Crippen MR) is 49.9 cm³/mol. The molecule has 0 aromatic heterocycles. The van der Waals surface area contributed by atoms with Gasteiger partial charge in [-0.2, -0.15) is 13.2 Å². The average molecular weight is 248 g/mol. The van der Waals surface area contributed by atoms with E-state index in [1.54, 1.807) is 0 Å². The summed E-state index contributed by atoms with van der Waals surface area (Å²) in [6, 6.07) is 0. The van der Waals surface area contributed by atoms with Gasteiger partial charge in [0.05, 0.1) is 7.11 Å². The van der Waals surface area contributed by atoms with E-state index < -0.39 is 17.6 Å². The quantitative estimate of drug-likeness (QED) is 0.714. The molecule has 1 aliphatic heterocycles. The minimum absolute atomic E-state index is 0. The average Bonchev–Trinajstić information content (AvgIpc) is 2.16. The summed E-state index contributed by atoms with van der Waals surface area (Å²) in [6.07, 6.45) is -5.02. The number of nitrogens with one attached hydrogen (secondary N) is 1. The van der Waals surface area contributed by atoms with Crippen molar-refractivity contribution in [3.8, 4) is 0 Å². The molecule has 0 aliphatic carbocycles. The van der Waals surface area contributed by atoms with Crippen LogP contribution in [0.25, 0.3) is 0 Å². The van der Waals surface area contributed by atoms with Gasteiger partial charge in [0.1, 0.15) is 0 Å². The van der Waals surface area contributed by atoms with Crippen molar-refractivity contribution in [1.29, 1.82) is 0 Å². The zero-order chi connectivity index (χ0) is 10.8. The van der Waals surface area contributed by atoms with Crippen LogP contribution in [0.3, 0.4) is 0 Å². The van der Waals surface area contributed by atoms with E-state index in [1.807, 2.05) is 0 Å². The molecular weight excluding hydrogens is 235 g/mol. The van der Waals surface area contributed by atoms with Crippen LogP contribution in [0.2, 0.25) is 0 Å². The molecule has 0 aromatic carbocycles.